The molecule has 0 saturated carbocycles. The van der Waals surface area contributed by atoms with Gasteiger partial charge in [0, 0.05) is 24.6 Å². The molecule has 0 saturated heterocycles. The molecule has 5 nitrogen and oxygen atoms in total. The summed E-state index contributed by atoms with van der Waals surface area (Å²) in [6, 6.07) is 5.72. The molecule has 2 aromatic rings. The van der Waals surface area contributed by atoms with Crippen LogP contribution >= 0.6 is 0 Å². The molecule has 3 rings (SSSR count). The Morgan fingerprint density at radius 1 is 1.30 bits per heavy atom. The fourth-order valence-corrected chi connectivity index (χ4v) is 2.48. The van der Waals surface area contributed by atoms with E-state index in [4.69, 9.17) is 5.73 Å². The van der Waals surface area contributed by atoms with Crippen molar-refractivity contribution < 1.29 is 4.79 Å². The first-order chi connectivity index (χ1) is 9.74. The molecule has 0 fully saturated rings. The summed E-state index contributed by atoms with van der Waals surface area (Å²) < 4.78 is 0. The van der Waals surface area contributed by atoms with Gasteiger partial charge in [0.1, 0.15) is 5.82 Å². The number of aryl methyl sites for hydroxylation is 2. The van der Waals surface area contributed by atoms with Crippen molar-refractivity contribution in [2.45, 2.75) is 25.8 Å². The molecule has 102 valence electrons. The first-order valence-electron chi connectivity index (χ1n) is 6.69. The van der Waals surface area contributed by atoms with Gasteiger partial charge in [-0.25, -0.2) is 4.98 Å². The quantitative estimate of drug-likeness (QED) is 0.884. The van der Waals surface area contributed by atoms with Crippen molar-refractivity contribution in [3.63, 3.8) is 0 Å². The van der Waals surface area contributed by atoms with E-state index in [9.17, 15) is 4.79 Å². The van der Waals surface area contributed by atoms with Gasteiger partial charge in [0.05, 0.1) is 5.56 Å². The van der Waals surface area contributed by atoms with E-state index < -0.39 is 5.91 Å². The molecule has 1 amide bonds. The lowest BCUT2D eigenvalue weighted by Gasteiger charge is -2.11. The summed E-state index contributed by atoms with van der Waals surface area (Å²) in [5.41, 5.74) is 9.22. The van der Waals surface area contributed by atoms with Crippen LogP contribution in [-0.4, -0.2) is 15.9 Å². The van der Waals surface area contributed by atoms with Gasteiger partial charge in [-0.15, -0.1) is 0 Å². The van der Waals surface area contributed by atoms with E-state index in [1.165, 1.54) is 0 Å². The summed E-state index contributed by atoms with van der Waals surface area (Å²) in [5, 5.41) is 3.20. The van der Waals surface area contributed by atoms with Crippen molar-refractivity contribution in [3.05, 3.63) is 53.0 Å². The number of carbonyl (C=O) groups is 1. The Kier molecular flexibility index (Phi) is 3.33. The van der Waals surface area contributed by atoms with Gasteiger partial charge in [-0.1, -0.05) is 0 Å². The summed E-state index contributed by atoms with van der Waals surface area (Å²) in [4.78, 5) is 20.1. The summed E-state index contributed by atoms with van der Waals surface area (Å²) in [6.45, 7) is 0.592. The number of fused-ring (bicyclic) bond motifs is 1. The van der Waals surface area contributed by atoms with Gasteiger partial charge < -0.3 is 11.1 Å². The topological polar surface area (TPSA) is 80.9 Å². The molecule has 0 aromatic carbocycles. The molecule has 0 bridgehead atoms. The Labute approximate surface area is 117 Å². The predicted molar refractivity (Wildman–Crippen MR) is 76.3 cm³/mol. The Hall–Kier alpha value is -2.43. The molecule has 2 heterocycles. The number of nitrogens with one attached hydrogen (secondary N) is 1. The first-order valence-corrected chi connectivity index (χ1v) is 6.69. The highest BCUT2D eigenvalue weighted by Crippen LogP contribution is 2.25. The summed E-state index contributed by atoms with van der Waals surface area (Å²) >= 11 is 0. The molecular weight excluding hydrogens is 252 g/mol. The second-order valence-electron chi connectivity index (χ2n) is 4.92. The summed E-state index contributed by atoms with van der Waals surface area (Å²) in [7, 11) is 0. The predicted octanol–water partition coefficient (Wildman–Crippen LogP) is 1.68. The van der Waals surface area contributed by atoms with Crippen molar-refractivity contribution in [2.75, 3.05) is 5.32 Å². The van der Waals surface area contributed by atoms with Crippen molar-refractivity contribution in [2.24, 2.45) is 5.73 Å². The standard InChI is InChI=1S/C15H16N4O/c16-14(20)12-8-11-2-1-3-13(11)19-15(12)18-9-10-4-6-17-7-5-10/h4-8H,1-3,9H2,(H2,16,20)(H,18,19). The molecule has 1 aliphatic rings. The summed E-state index contributed by atoms with van der Waals surface area (Å²) in [5.74, 6) is 0.138. The van der Waals surface area contributed by atoms with Crippen molar-refractivity contribution in [3.8, 4) is 0 Å². The van der Waals surface area contributed by atoms with E-state index >= 15 is 0 Å². The molecule has 20 heavy (non-hydrogen) atoms. The van der Waals surface area contributed by atoms with Gasteiger partial charge in [-0.3, -0.25) is 9.78 Å². The lowest BCUT2D eigenvalue weighted by atomic mass is 10.1. The molecule has 3 N–H and O–H groups in total. The van der Waals surface area contributed by atoms with Crippen LogP contribution in [0, 0.1) is 0 Å². The van der Waals surface area contributed by atoms with E-state index in [-0.39, 0.29) is 0 Å². The number of nitrogens with zero attached hydrogens (tertiary/aromatic N) is 2. The number of primary amides is 1. The monoisotopic (exact) mass is 268 g/mol. The van der Waals surface area contributed by atoms with E-state index in [0.717, 1.165) is 36.1 Å². The Morgan fingerprint density at radius 2 is 2.10 bits per heavy atom. The maximum Gasteiger partial charge on any atom is 0.252 e. The lowest BCUT2D eigenvalue weighted by molar-refractivity contribution is 0.100. The van der Waals surface area contributed by atoms with E-state index in [1.54, 1.807) is 12.4 Å². The van der Waals surface area contributed by atoms with Crippen LogP contribution in [0.1, 0.15) is 33.6 Å². The minimum Gasteiger partial charge on any atom is -0.365 e. The molecule has 0 atom stereocenters. The van der Waals surface area contributed by atoms with Crippen LogP contribution in [0.4, 0.5) is 5.82 Å². The second-order valence-corrected chi connectivity index (χ2v) is 4.92. The zero-order valence-electron chi connectivity index (χ0n) is 11.1. The largest absolute Gasteiger partial charge is 0.365 e. The number of aromatic nitrogens is 2. The van der Waals surface area contributed by atoms with E-state index in [0.29, 0.717) is 17.9 Å². The maximum atomic E-state index is 11.6. The number of anilines is 1. The van der Waals surface area contributed by atoms with E-state index in [1.807, 2.05) is 18.2 Å². The smallest absolute Gasteiger partial charge is 0.252 e. The fraction of sp³-hybridized carbons (Fsp3) is 0.267. The number of hydrogen-bond donors (Lipinski definition) is 2. The minimum absolute atomic E-state index is 0.440. The van der Waals surface area contributed by atoms with Crippen LogP contribution in [0.5, 0.6) is 0 Å². The highest BCUT2D eigenvalue weighted by molar-refractivity contribution is 5.97. The average molecular weight is 268 g/mol. The van der Waals surface area contributed by atoms with Crippen LogP contribution in [0.25, 0.3) is 0 Å². The molecule has 2 aromatic heterocycles. The highest BCUT2D eigenvalue weighted by Gasteiger charge is 2.18. The third-order valence-electron chi connectivity index (χ3n) is 3.53. The molecule has 1 aliphatic carbocycles. The van der Waals surface area contributed by atoms with Crippen LogP contribution in [-0.2, 0) is 19.4 Å². The van der Waals surface area contributed by atoms with Crippen LogP contribution in [0.2, 0.25) is 0 Å². The molecule has 0 radical (unpaired) electrons. The molecule has 0 unspecified atom stereocenters. The zero-order chi connectivity index (χ0) is 13.9. The van der Waals surface area contributed by atoms with Gasteiger partial charge >= 0.3 is 0 Å². The third kappa shape index (κ3) is 2.47. The summed E-state index contributed by atoms with van der Waals surface area (Å²) in [6.07, 6.45) is 6.52. The van der Waals surface area contributed by atoms with Gasteiger partial charge in [0.15, 0.2) is 0 Å². The van der Waals surface area contributed by atoms with Crippen LogP contribution < -0.4 is 11.1 Å². The highest BCUT2D eigenvalue weighted by atomic mass is 16.1. The average Bonchev–Trinajstić information content (AvgIpc) is 2.92. The van der Waals surface area contributed by atoms with Crippen molar-refractivity contribution >= 4 is 11.7 Å². The fourth-order valence-electron chi connectivity index (χ4n) is 2.48. The maximum absolute atomic E-state index is 11.6. The second kappa shape index (κ2) is 5.28. The minimum atomic E-state index is -0.440. The first kappa shape index (κ1) is 12.6. The number of amides is 1. The van der Waals surface area contributed by atoms with Gasteiger partial charge in [0.25, 0.3) is 5.91 Å². The van der Waals surface area contributed by atoms with Gasteiger partial charge in [-0.05, 0) is 48.6 Å². The van der Waals surface area contributed by atoms with Gasteiger partial charge in [0.2, 0.25) is 0 Å². The Bertz CT molecular complexity index is 640. The lowest BCUT2D eigenvalue weighted by Crippen LogP contribution is -2.16. The molecule has 0 spiro atoms. The van der Waals surface area contributed by atoms with Crippen LogP contribution in [0.3, 0.4) is 0 Å². The third-order valence-corrected chi connectivity index (χ3v) is 3.53. The number of hydrogen-bond acceptors (Lipinski definition) is 4. The normalized spacial score (nSPS) is 13.0. The molecule has 0 aliphatic heterocycles. The Balaban J connectivity index is 1.86. The van der Waals surface area contributed by atoms with Crippen molar-refractivity contribution in [1.29, 1.82) is 0 Å². The van der Waals surface area contributed by atoms with Crippen molar-refractivity contribution in [1.82, 2.24) is 9.97 Å². The number of nitrogens with two attached hydrogens (primary N) is 1. The molecule has 5 heteroatoms. The number of rotatable bonds is 4. The van der Waals surface area contributed by atoms with Crippen LogP contribution in [0.15, 0.2) is 30.6 Å². The Morgan fingerprint density at radius 3 is 2.85 bits per heavy atom. The number of carbonyl (C=O) groups excluding carboxylic acids is 1. The van der Waals surface area contributed by atoms with E-state index in [2.05, 4.69) is 15.3 Å². The SMILES string of the molecule is NC(=O)c1cc2c(nc1NCc1ccncc1)CCC2. The van der Waals surface area contributed by atoms with Gasteiger partial charge in [-0.2, -0.15) is 0 Å². The molecular formula is C15H16N4O. The number of pyridine rings is 2. The zero-order valence-corrected chi connectivity index (χ0v) is 11.1.